The maximum Gasteiger partial charge on any atom is 0.198 e. The van der Waals surface area contributed by atoms with Gasteiger partial charge in [0.2, 0.25) is 0 Å². The van der Waals surface area contributed by atoms with Crippen molar-refractivity contribution in [2.75, 3.05) is 0 Å². The highest BCUT2D eigenvalue weighted by molar-refractivity contribution is 8.27. The summed E-state index contributed by atoms with van der Waals surface area (Å²) in [6, 6.07) is 8.89. The number of hydrogen-bond acceptors (Lipinski definition) is 4. The molecule has 2 nitrogen and oxygen atoms in total. The molecule has 0 spiro atoms. The van der Waals surface area contributed by atoms with Gasteiger partial charge in [-0.05, 0) is 17.7 Å². The summed E-state index contributed by atoms with van der Waals surface area (Å²) in [5, 5.41) is 3.75. The average molecular weight is 262 g/mol. The van der Waals surface area contributed by atoms with Crippen LogP contribution in [0.3, 0.4) is 0 Å². The number of allylic oxidation sites excluding steroid dienone is 1. The highest BCUT2D eigenvalue weighted by atomic mass is 32.2. The predicted octanol–water partition coefficient (Wildman–Crippen LogP) is 3.62. The summed E-state index contributed by atoms with van der Waals surface area (Å²) in [6.07, 6.45) is 0. The van der Waals surface area contributed by atoms with E-state index in [1.54, 1.807) is 24.3 Å². The molecule has 1 heterocycles. The van der Waals surface area contributed by atoms with E-state index in [1.165, 1.54) is 30.4 Å². The normalized spacial score (nSPS) is 13.8. The third-order valence-electron chi connectivity index (χ3n) is 2.22. The van der Waals surface area contributed by atoms with Crippen LogP contribution in [0.15, 0.2) is 51.0 Å². The molecule has 1 aliphatic heterocycles. The molecular formula is C13H10O2S2. The number of Topliss-reactive ketones (excluding diaryl/α,β-unsaturated/α-hetero) is 2. The molecule has 0 bridgehead atoms. The van der Waals surface area contributed by atoms with Gasteiger partial charge >= 0.3 is 0 Å². The van der Waals surface area contributed by atoms with E-state index < -0.39 is 0 Å². The molecule has 0 aromatic heterocycles. The Morgan fingerprint density at radius 2 is 1.59 bits per heavy atom. The second kappa shape index (κ2) is 5.38. The minimum Gasteiger partial charge on any atom is -0.294 e. The van der Waals surface area contributed by atoms with Crippen LogP contribution in [0, 0.1) is 0 Å². The zero-order chi connectivity index (χ0) is 12.3. The van der Waals surface area contributed by atoms with Crippen molar-refractivity contribution >= 4 is 35.1 Å². The smallest absolute Gasteiger partial charge is 0.198 e. The predicted molar refractivity (Wildman–Crippen MR) is 72.8 cm³/mol. The molecule has 0 amide bonds. The van der Waals surface area contributed by atoms with Crippen LogP contribution in [0.4, 0.5) is 0 Å². The monoisotopic (exact) mass is 262 g/mol. The Kier molecular flexibility index (Phi) is 3.86. The summed E-state index contributed by atoms with van der Waals surface area (Å²) in [5.74, 6) is -0.380. The molecule has 1 aromatic rings. The van der Waals surface area contributed by atoms with Crippen LogP contribution in [0.2, 0.25) is 0 Å². The van der Waals surface area contributed by atoms with Crippen molar-refractivity contribution in [2.24, 2.45) is 0 Å². The number of carbonyl (C=O) groups is 2. The van der Waals surface area contributed by atoms with Gasteiger partial charge in [-0.25, -0.2) is 0 Å². The van der Waals surface area contributed by atoms with Crippen LogP contribution in [0.25, 0.3) is 0 Å². The molecule has 1 aliphatic rings. The Morgan fingerprint density at radius 3 is 2.12 bits per heavy atom. The maximum absolute atomic E-state index is 12.2. The second-order valence-electron chi connectivity index (χ2n) is 3.42. The van der Waals surface area contributed by atoms with Gasteiger partial charge in [0.15, 0.2) is 11.6 Å². The van der Waals surface area contributed by atoms with E-state index in [1.807, 2.05) is 16.9 Å². The zero-order valence-corrected chi connectivity index (χ0v) is 10.8. The van der Waals surface area contributed by atoms with E-state index in [0.717, 1.165) is 4.24 Å². The van der Waals surface area contributed by atoms with Crippen molar-refractivity contribution in [3.05, 3.63) is 56.5 Å². The molecule has 0 saturated carbocycles. The SMILES string of the molecule is CC(=O)C(C(=O)c1ccccc1)=C1SC=CS1. The molecule has 2 rings (SSSR count). The van der Waals surface area contributed by atoms with Crippen LogP contribution in [-0.4, -0.2) is 11.6 Å². The van der Waals surface area contributed by atoms with Gasteiger partial charge in [0.1, 0.15) is 0 Å². The summed E-state index contributed by atoms with van der Waals surface area (Å²) >= 11 is 2.84. The molecule has 0 aliphatic carbocycles. The first-order chi connectivity index (χ1) is 8.20. The van der Waals surface area contributed by atoms with Gasteiger partial charge in [0, 0.05) is 5.56 Å². The fraction of sp³-hybridized carbons (Fsp3) is 0.0769. The highest BCUT2D eigenvalue weighted by Crippen LogP contribution is 2.40. The molecule has 0 N–H and O–H groups in total. The lowest BCUT2D eigenvalue weighted by molar-refractivity contribution is -0.113. The number of rotatable bonds is 3. The molecule has 0 fully saturated rings. The number of carbonyl (C=O) groups excluding carboxylic acids is 2. The molecule has 4 heteroatoms. The molecule has 0 atom stereocenters. The lowest BCUT2D eigenvalue weighted by Crippen LogP contribution is -2.11. The average Bonchev–Trinajstić information content (AvgIpc) is 2.83. The fourth-order valence-electron chi connectivity index (χ4n) is 1.45. The maximum atomic E-state index is 12.2. The van der Waals surface area contributed by atoms with E-state index in [-0.39, 0.29) is 17.1 Å². The van der Waals surface area contributed by atoms with Gasteiger partial charge < -0.3 is 0 Å². The summed E-state index contributed by atoms with van der Waals surface area (Å²) < 4.78 is 0.770. The molecular weight excluding hydrogens is 252 g/mol. The standard InChI is InChI=1S/C13H10O2S2/c1-9(14)11(13-16-7-8-17-13)12(15)10-5-3-2-4-6-10/h2-8H,1H3. The number of ketones is 2. The van der Waals surface area contributed by atoms with Crippen LogP contribution < -0.4 is 0 Å². The molecule has 86 valence electrons. The van der Waals surface area contributed by atoms with Crippen LogP contribution in [0.5, 0.6) is 0 Å². The largest absolute Gasteiger partial charge is 0.294 e. The van der Waals surface area contributed by atoms with Gasteiger partial charge in [-0.1, -0.05) is 53.9 Å². The molecule has 0 unspecified atom stereocenters. The summed E-state index contributed by atoms with van der Waals surface area (Å²) in [7, 11) is 0. The van der Waals surface area contributed by atoms with E-state index in [9.17, 15) is 9.59 Å². The quantitative estimate of drug-likeness (QED) is 0.360. The van der Waals surface area contributed by atoms with Crippen molar-refractivity contribution in [3.8, 4) is 0 Å². The molecule has 1 aromatic carbocycles. The van der Waals surface area contributed by atoms with E-state index >= 15 is 0 Å². The van der Waals surface area contributed by atoms with Crippen LogP contribution in [-0.2, 0) is 4.79 Å². The van der Waals surface area contributed by atoms with Crippen molar-refractivity contribution in [3.63, 3.8) is 0 Å². The third-order valence-corrected chi connectivity index (χ3v) is 4.36. The summed E-state index contributed by atoms with van der Waals surface area (Å²) in [5.41, 5.74) is 0.842. The molecule has 0 radical (unpaired) electrons. The van der Waals surface area contributed by atoms with Crippen molar-refractivity contribution < 1.29 is 9.59 Å². The number of thioether (sulfide) groups is 2. The Morgan fingerprint density at radius 1 is 1.00 bits per heavy atom. The molecule has 17 heavy (non-hydrogen) atoms. The van der Waals surface area contributed by atoms with E-state index in [4.69, 9.17) is 0 Å². The lowest BCUT2D eigenvalue weighted by atomic mass is 10.0. The Bertz CT molecular complexity index is 505. The first kappa shape index (κ1) is 12.2. The Balaban J connectivity index is 2.39. The Labute approximate surface area is 108 Å². The fourth-order valence-corrected chi connectivity index (χ4v) is 3.41. The number of benzene rings is 1. The first-order valence-corrected chi connectivity index (χ1v) is 6.79. The minimum atomic E-state index is -0.197. The van der Waals surface area contributed by atoms with E-state index in [0.29, 0.717) is 5.56 Å². The minimum absolute atomic E-state index is 0.183. The zero-order valence-electron chi connectivity index (χ0n) is 9.17. The van der Waals surface area contributed by atoms with Crippen LogP contribution in [0.1, 0.15) is 17.3 Å². The first-order valence-electron chi connectivity index (χ1n) is 5.03. The van der Waals surface area contributed by atoms with Gasteiger partial charge in [0.05, 0.1) is 9.81 Å². The van der Waals surface area contributed by atoms with Crippen molar-refractivity contribution in [1.82, 2.24) is 0 Å². The van der Waals surface area contributed by atoms with Crippen molar-refractivity contribution in [2.45, 2.75) is 6.92 Å². The highest BCUT2D eigenvalue weighted by Gasteiger charge is 2.22. The summed E-state index contributed by atoms with van der Waals surface area (Å²) in [4.78, 5) is 23.9. The van der Waals surface area contributed by atoms with Gasteiger partial charge in [-0.15, -0.1) is 0 Å². The number of hydrogen-bond donors (Lipinski definition) is 0. The van der Waals surface area contributed by atoms with Crippen LogP contribution >= 0.6 is 23.5 Å². The second-order valence-corrected chi connectivity index (χ2v) is 5.51. The third kappa shape index (κ3) is 2.70. The van der Waals surface area contributed by atoms with Crippen molar-refractivity contribution in [1.29, 1.82) is 0 Å². The van der Waals surface area contributed by atoms with E-state index in [2.05, 4.69) is 0 Å². The van der Waals surface area contributed by atoms with Gasteiger partial charge in [-0.2, -0.15) is 0 Å². The summed E-state index contributed by atoms with van der Waals surface area (Å²) in [6.45, 7) is 1.43. The van der Waals surface area contributed by atoms with Gasteiger partial charge in [-0.3, -0.25) is 9.59 Å². The lowest BCUT2D eigenvalue weighted by Gasteiger charge is -2.06. The Hall–Kier alpha value is -1.26. The topological polar surface area (TPSA) is 34.1 Å². The molecule has 0 saturated heterocycles. The van der Waals surface area contributed by atoms with Gasteiger partial charge in [0.25, 0.3) is 0 Å².